The van der Waals surface area contributed by atoms with E-state index < -0.39 is 73.1 Å². The van der Waals surface area contributed by atoms with Gasteiger partial charge in [-0.2, -0.15) is 33.7 Å². The molecule has 0 aromatic heterocycles. The van der Waals surface area contributed by atoms with Crippen molar-refractivity contribution < 1.29 is 69.5 Å². The van der Waals surface area contributed by atoms with Crippen molar-refractivity contribution in [3.8, 4) is 0 Å². The minimum Gasteiger partial charge on any atom is -0.469 e. The molecule has 22 atom stereocenters. The zero-order valence-electron chi connectivity index (χ0n) is 34.0. The van der Waals surface area contributed by atoms with E-state index in [1.807, 2.05) is 20.8 Å². The van der Waals surface area contributed by atoms with Crippen molar-refractivity contribution in [1.82, 2.24) is 0 Å². The fraction of sp³-hybridized carbons (Fsp3) is 0.947. The van der Waals surface area contributed by atoms with E-state index in [4.69, 9.17) is 21.5 Å². The molecule has 0 aromatic rings. The monoisotopic (exact) mass is 896 g/mol. The first-order valence-corrected chi connectivity index (χ1v) is 26.5. The van der Waals surface area contributed by atoms with E-state index in [1.54, 1.807) is 0 Å². The van der Waals surface area contributed by atoms with E-state index in [2.05, 4.69) is 25.5 Å². The van der Waals surface area contributed by atoms with Gasteiger partial charge in [0.15, 0.2) is 4.75 Å². The van der Waals surface area contributed by atoms with Gasteiger partial charge in [0.25, 0.3) is 40.5 Å². The second-order valence-electron chi connectivity index (χ2n) is 19.8. The summed E-state index contributed by atoms with van der Waals surface area (Å²) in [6.45, 7) is 12.1. The van der Waals surface area contributed by atoms with Crippen molar-refractivity contribution >= 4 is 52.4 Å². The maximum atomic E-state index is 12.0. The molecule has 4 heterocycles. The van der Waals surface area contributed by atoms with Crippen LogP contribution < -0.4 is 0 Å². The van der Waals surface area contributed by atoms with Gasteiger partial charge in [0.1, 0.15) is 10.00 Å². The molecule has 22 unspecified atom stereocenters. The summed E-state index contributed by atoms with van der Waals surface area (Å²) >= 11 is 0. The van der Waals surface area contributed by atoms with E-state index in [0.29, 0.717) is 41.9 Å². The summed E-state index contributed by atoms with van der Waals surface area (Å²) in [4.78, 5) is 23.5. The summed E-state index contributed by atoms with van der Waals surface area (Å²) in [6.07, 6.45) is 4.32. The van der Waals surface area contributed by atoms with Crippen LogP contribution in [-0.4, -0.2) is 104 Å². The number of carbonyl (C=O) groups is 2. The van der Waals surface area contributed by atoms with E-state index >= 15 is 0 Å². The lowest BCUT2D eigenvalue weighted by molar-refractivity contribution is -0.148. The van der Waals surface area contributed by atoms with E-state index in [-0.39, 0.29) is 71.1 Å². The normalized spacial score (nSPS) is 56.3. The highest BCUT2D eigenvalue weighted by atomic mass is 32.2. The molecule has 328 valence electrons. The predicted octanol–water partition coefficient (Wildman–Crippen LogP) is 2.62. The van der Waals surface area contributed by atoms with Crippen molar-refractivity contribution in [2.45, 2.75) is 124 Å². The molecule has 12 aliphatic rings. The zero-order valence-corrected chi connectivity index (χ0v) is 37.2. The van der Waals surface area contributed by atoms with Gasteiger partial charge in [-0.25, -0.2) is 0 Å². The number of ether oxygens (including phenoxy) is 2. The summed E-state index contributed by atoms with van der Waals surface area (Å²) in [6, 6.07) is 0. The number of methoxy groups -OCH3 is 2. The highest BCUT2D eigenvalue weighted by Crippen LogP contribution is 2.65. The predicted molar refractivity (Wildman–Crippen MR) is 203 cm³/mol. The van der Waals surface area contributed by atoms with E-state index in [1.165, 1.54) is 14.2 Å². The fourth-order valence-corrected chi connectivity index (χ4v) is 23.1. The van der Waals surface area contributed by atoms with Gasteiger partial charge in [-0.1, -0.05) is 34.6 Å². The molecule has 0 N–H and O–H groups in total. The lowest BCUT2D eigenvalue weighted by Gasteiger charge is -2.28. The Kier molecular flexibility index (Phi) is 9.44. The van der Waals surface area contributed by atoms with Crippen LogP contribution in [0.4, 0.5) is 0 Å². The van der Waals surface area contributed by atoms with Gasteiger partial charge in [0.05, 0.1) is 49.8 Å². The molecule has 0 spiro atoms. The molecule has 0 radical (unpaired) electrons. The van der Waals surface area contributed by atoms with Crippen LogP contribution in [0.2, 0.25) is 0 Å². The first-order chi connectivity index (χ1) is 26.9. The van der Waals surface area contributed by atoms with Crippen molar-refractivity contribution in [3.63, 3.8) is 0 Å². The lowest BCUT2D eigenvalue weighted by Crippen LogP contribution is -2.48. The third-order valence-electron chi connectivity index (χ3n) is 17.9. The third-order valence-corrected chi connectivity index (χ3v) is 25.7. The molecule has 0 amide bonds. The van der Waals surface area contributed by atoms with E-state index in [9.17, 15) is 43.3 Å². The van der Waals surface area contributed by atoms with Gasteiger partial charge in [0.2, 0.25) is 0 Å². The second kappa shape index (κ2) is 13.1. The number of fused-ring (bicyclic) bond motifs is 4. The summed E-state index contributed by atoms with van der Waals surface area (Å²) in [7, 11) is -11.3. The van der Waals surface area contributed by atoms with E-state index in [0.717, 1.165) is 32.1 Å². The molecule has 8 aliphatic carbocycles. The Hall–Kier alpha value is -1.42. The Bertz CT molecular complexity index is 2230. The van der Waals surface area contributed by atoms with Gasteiger partial charge in [-0.05, 0) is 98.7 Å². The molecule has 16 nitrogen and oxygen atoms in total. The molecule has 8 bridgehead atoms. The maximum Gasteiger partial charge on any atom is 0.330 e. The molecular formula is C38H56O16S4. The van der Waals surface area contributed by atoms with Gasteiger partial charge in [0, 0.05) is 23.7 Å². The van der Waals surface area contributed by atoms with Crippen LogP contribution in [0.5, 0.6) is 0 Å². The second-order valence-corrected chi connectivity index (χ2v) is 27.2. The largest absolute Gasteiger partial charge is 0.469 e. The average molecular weight is 897 g/mol. The summed E-state index contributed by atoms with van der Waals surface area (Å²) in [5.41, 5.74) is 0. The Morgan fingerprint density at radius 2 is 1.03 bits per heavy atom. The molecular weight excluding hydrogens is 841 g/mol. The molecule has 4 saturated heterocycles. The minimum atomic E-state index is -3.81. The van der Waals surface area contributed by atoms with Crippen LogP contribution in [0.25, 0.3) is 0 Å². The lowest BCUT2D eigenvalue weighted by atomic mass is 9.80. The molecule has 8 saturated carbocycles. The number of hydrogen-bond acceptors (Lipinski definition) is 16. The van der Waals surface area contributed by atoms with Crippen LogP contribution in [0.15, 0.2) is 0 Å². The van der Waals surface area contributed by atoms with Crippen LogP contribution in [0, 0.1) is 82.9 Å². The number of carbonyl (C=O) groups excluding carboxylic acids is 2. The Morgan fingerprint density at radius 3 is 1.57 bits per heavy atom. The molecule has 20 heteroatoms. The summed E-state index contributed by atoms with van der Waals surface area (Å²) < 4.78 is 122. The molecule has 12 rings (SSSR count). The van der Waals surface area contributed by atoms with Gasteiger partial charge in [-0.3, -0.25) is 26.3 Å². The van der Waals surface area contributed by atoms with Crippen molar-refractivity contribution in [3.05, 3.63) is 0 Å². The highest BCUT2D eigenvalue weighted by Gasteiger charge is 2.76. The van der Waals surface area contributed by atoms with Crippen molar-refractivity contribution in [2.75, 3.05) is 14.2 Å². The number of esters is 2. The standard InChI is InChI=1S/2C10H14O5S.2C9H14O3S/c1-5-6-3-7-8(5)15-16(12,13)10(7,4-6)9(11)14-2;1-4-5-3-6-8(4)15-16(12,13)9(6)7(5)10(11)14-2;1-5-6-3-7-8(5)12-13(10,11)9(7,2)4-6;1-4-6-3-7-8(4)12-13(10,11)9(7)5(6)2/h5-8H,3-4H2,1-2H3;4-9H,3H2,1-2H3;5-8H,3-4H2,1-2H3;4-9H,3H2,1-2H3. The highest BCUT2D eigenvalue weighted by molar-refractivity contribution is 7.89. The van der Waals surface area contributed by atoms with Gasteiger partial charge < -0.3 is 9.47 Å². The molecule has 12 fully saturated rings. The summed E-state index contributed by atoms with van der Waals surface area (Å²) in [5, 5.41) is -0.843. The van der Waals surface area contributed by atoms with Crippen LogP contribution >= 0.6 is 0 Å². The Balaban J connectivity index is 0.000000101. The zero-order chi connectivity index (χ0) is 42.2. The smallest absolute Gasteiger partial charge is 0.330 e. The van der Waals surface area contributed by atoms with Crippen LogP contribution in [0.1, 0.15) is 80.1 Å². The van der Waals surface area contributed by atoms with Crippen molar-refractivity contribution in [2.24, 2.45) is 82.9 Å². The summed E-state index contributed by atoms with van der Waals surface area (Å²) in [5.74, 6) is 1.87. The molecule has 4 aliphatic heterocycles. The minimum absolute atomic E-state index is 0.00546. The fourth-order valence-electron chi connectivity index (χ4n) is 14.9. The topological polar surface area (TPSA) is 226 Å². The Labute approximate surface area is 342 Å². The Morgan fingerprint density at radius 1 is 0.534 bits per heavy atom. The third kappa shape index (κ3) is 5.26. The van der Waals surface area contributed by atoms with Crippen LogP contribution in [-0.2, 0) is 76.3 Å². The maximum absolute atomic E-state index is 12.0. The van der Waals surface area contributed by atoms with Gasteiger partial charge >= 0.3 is 11.9 Å². The molecule has 58 heavy (non-hydrogen) atoms. The number of hydrogen-bond donors (Lipinski definition) is 0. The van der Waals surface area contributed by atoms with Gasteiger partial charge in [-0.15, -0.1) is 0 Å². The first kappa shape index (κ1) is 41.9. The van der Waals surface area contributed by atoms with Crippen molar-refractivity contribution in [1.29, 1.82) is 0 Å². The SMILES string of the molecule is CC1C2CC3C1OS(=O)(=O)C3(C)C2.CC1C2CC3C1OS(=O)(=O)C3C2C.COC(=O)C12CC3CC1C(OS2(=O)=O)C3C.COC(=O)C1C2CC3C(OS(=O)(=O)C31)C2C. The average Bonchev–Trinajstić information content (AvgIpc) is 4.02. The van der Waals surface area contributed by atoms with Crippen LogP contribution in [0.3, 0.4) is 0 Å². The quantitative estimate of drug-likeness (QED) is 0.287. The molecule has 0 aromatic carbocycles. The first-order valence-electron chi connectivity index (χ1n) is 20.7. The number of rotatable bonds is 2.